The van der Waals surface area contributed by atoms with E-state index in [0.29, 0.717) is 19.0 Å². The van der Waals surface area contributed by atoms with Gasteiger partial charge in [-0.3, -0.25) is 9.79 Å². The third kappa shape index (κ3) is 6.14. The number of guanidine groups is 1. The van der Waals surface area contributed by atoms with Gasteiger partial charge in [-0.25, -0.2) is 0 Å². The summed E-state index contributed by atoms with van der Waals surface area (Å²) in [6, 6.07) is 10.7. The third-order valence-corrected chi connectivity index (χ3v) is 4.67. The Kier molecular flexibility index (Phi) is 9.39. The van der Waals surface area contributed by atoms with Crippen LogP contribution in [-0.2, 0) is 4.79 Å². The van der Waals surface area contributed by atoms with Gasteiger partial charge in [0.2, 0.25) is 5.91 Å². The van der Waals surface area contributed by atoms with Crippen LogP contribution in [0.3, 0.4) is 0 Å². The molecule has 1 unspecified atom stereocenters. The number of benzene rings is 1. The van der Waals surface area contributed by atoms with Crippen LogP contribution >= 0.6 is 24.0 Å². The molecular weight excluding hydrogens is 439 g/mol. The molecule has 1 aromatic rings. The van der Waals surface area contributed by atoms with Gasteiger partial charge in [0, 0.05) is 32.1 Å². The monoisotopic (exact) mass is 472 g/mol. The minimum atomic E-state index is -0.505. The maximum absolute atomic E-state index is 12.2. The summed E-state index contributed by atoms with van der Waals surface area (Å²) < 4.78 is 0. The number of halogens is 1. The summed E-state index contributed by atoms with van der Waals surface area (Å²) in [6.45, 7) is 11.8. The van der Waals surface area contributed by atoms with E-state index in [1.54, 1.807) is 0 Å². The van der Waals surface area contributed by atoms with E-state index in [1.165, 1.54) is 5.56 Å². The number of nitrogens with zero attached hydrogens (tertiary/aromatic N) is 2. The fourth-order valence-corrected chi connectivity index (χ4v) is 3.12. The van der Waals surface area contributed by atoms with Crippen molar-refractivity contribution in [2.24, 2.45) is 10.4 Å². The molecule has 2 N–H and O–H groups in total. The molecule has 2 rings (SSSR count). The zero-order chi connectivity index (χ0) is 18.3. The summed E-state index contributed by atoms with van der Waals surface area (Å²) in [7, 11) is 0. The summed E-state index contributed by atoms with van der Waals surface area (Å²) in [5.41, 5.74) is 0.887. The van der Waals surface area contributed by atoms with Crippen LogP contribution in [0.4, 0.5) is 0 Å². The summed E-state index contributed by atoms with van der Waals surface area (Å²) in [5.74, 6) is 1.51. The lowest BCUT2D eigenvalue weighted by molar-refractivity contribution is -0.128. The van der Waals surface area contributed by atoms with Gasteiger partial charge >= 0.3 is 0 Å². The Morgan fingerprint density at radius 3 is 2.46 bits per heavy atom. The molecule has 146 valence electrons. The van der Waals surface area contributed by atoms with Crippen molar-refractivity contribution >= 4 is 35.8 Å². The predicted molar refractivity (Wildman–Crippen MR) is 119 cm³/mol. The molecule has 1 heterocycles. The van der Waals surface area contributed by atoms with Gasteiger partial charge in [0.05, 0.1) is 12.0 Å². The molecule has 0 radical (unpaired) electrons. The van der Waals surface area contributed by atoms with E-state index >= 15 is 0 Å². The SMILES string of the molecule is CCNC(=O)C(C)(C)CN=C(NCC)N1CCC(c2ccccc2)C1.I. The molecule has 1 aliphatic heterocycles. The van der Waals surface area contributed by atoms with Gasteiger partial charge in [-0.15, -0.1) is 24.0 Å². The molecule has 0 aliphatic carbocycles. The van der Waals surface area contributed by atoms with Gasteiger partial charge in [-0.1, -0.05) is 30.3 Å². The molecule has 6 heteroatoms. The molecule has 1 atom stereocenters. The van der Waals surface area contributed by atoms with Crippen LogP contribution in [0.2, 0.25) is 0 Å². The third-order valence-electron chi connectivity index (χ3n) is 4.67. The molecule has 0 aromatic heterocycles. The molecule has 1 aliphatic rings. The fraction of sp³-hybridized carbons (Fsp3) is 0.600. The number of hydrogen-bond acceptors (Lipinski definition) is 2. The van der Waals surface area contributed by atoms with E-state index in [-0.39, 0.29) is 29.9 Å². The van der Waals surface area contributed by atoms with Crippen LogP contribution in [0.25, 0.3) is 0 Å². The van der Waals surface area contributed by atoms with E-state index in [1.807, 2.05) is 20.8 Å². The van der Waals surface area contributed by atoms with Crippen molar-refractivity contribution in [1.82, 2.24) is 15.5 Å². The molecule has 5 nitrogen and oxygen atoms in total. The number of rotatable bonds is 6. The van der Waals surface area contributed by atoms with Gasteiger partial charge < -0.3 is 15.5 Å². The van der Waals surface area contributed by atoms with Crippen molar-refractivity contribution in [3.8, 4) is 0 Å². The molecular formula is C20H33IN4O. The predicted octanol–water partition coefficient (Wildman–Crippen LogP) is 3.22. The molecule has 0 spiro atoms. The van der Waals surface area contributed by atoms with E-state index in [2.05, 4.69) is 52.8 Å². The normalized spacial score (nSPS) is 17.6. The van der Waals surface area contributed by atoms with Gasteiger partial charge in [0.1, 0.15) is 0 Å². The number of nitrogens with one attached hydrogen (secondary N) is 2. The highest BCUT2D eigenvalue weighted by molar-refractivity contribution is 14.0. The largest absolute Gasteiger partial charge is 0.357 e. The Labute approximate surface area is 175 Å². The van der Waals surface area contributed by atoms with Gasteiger partial charge in [0.25, 0.3) is 0 Å². The first kappa shape index (κ1) is 22.7. The zero-order valence-corrected chi connectivity index (χ0v) is 18.7. The highest BCUT2D eigenvalue weighted by Crippen LogP contribution is 2.27. The maximum atomic E-state index is 12.2. The van der Waals surface area contributed by atoms with Crippen LogP contribution in [0.1, 0.15) is 45.6 Å². The molecule has 1 aromatic carbocycles. The average Bonchev–Trinajstić information content (AvgIpc) is 3.09. The Hall–Kier alpha value is -1.31. The summed E-state index contributed by atoms with van der Waals surface area (Å²) in [4.78, 5) is 19.3. The second kappa shape index (κ2) is 10.7. The van der Waals surface area contributed by atoms with Crippen LogP contribution < -0.4 is 10.6 Å². The van der Waals surface area contributed by atoms with Gasteiger partial charge in [0.15, 0.2) is 5.96 Å². The first-order valence-corrected chi connectivity index (χ1v) is 9.34. The molecule has 0 saturated carbocycles. The zero-order valence-electron chi connectivity index (χ0n) is 16.4. The van der Waals surface area contributed by atoms with Crippen molar-refractivity contribution in [2.45, 2.75) is 40.0 Å². The smallest absolute Gasteiger partial charge is 0.227 e. The van der Waals surface area contributed by atoms with Crippen LogP contribution in [-0.4, -0.2) is 49.5 Å². The lowest BCUT2D eigenvalue weighted by Crippen LogP contribution is -2.43. The lowest BCUT2D eigenvalue weighted by Gasteiger charge is -2.25. The first-order chi connectivity index (χ1) is 12.0. The summed E-state index contributed by atoms with van der Waals surface area (Å²) >= 11 is 0. The average molecular weight is 472 g/mol. The molecule has 1 fully saturated rings. The topological polar surface area (TPSA) is 56.7 Å². The van der Waals surface area contributed by atoms with Crippen molar-refractivity contribution in [3.05, 3.63) is 35.9 Å². The number of aliphatic imine (C=N–C) groups is 1. The van der Waals surface area contributed by atoms with E-state index in [0.717, 1.165) is 32.0 Å². The summed E-state index contributed by atoms with van der Waals surface area (Å²) in [5, 5.41) is 6.28. The number of likely N-dealkylation sites (tertiary alicyclic amines) is 1. The number of hydrogen-bond donors (Lipinski definition) is 2. The molecule has 0 bridgehead atoms. The maximum Gasteiger partial charge on any atom is 0.227 e. The molecule has 1 saturated heterocycles. The molecule has 26 heavy (non-hydrogen) atoms. The van der Waals surface area contributed by atoms with Crippen molar-refractivity contribution < 1.29 is 4.79 Å². The summed E-state index contributed by atoms with van der Waals surface area (Å²) in [6.07, 6.45) is 1.13. The van der Waals surface area contributed by atoms with Crippen LogP contribution in [0.5, 0.6) is 0 Å². The second-order valence-electron chi connectivity index (χ2n) is 7.26. The molecule has 1 amide bonds. The van der Waals surface area contributed by atoms with E-state index in [4.69, 9.17) is 4.99 Å². The van der Waals surface area contributed by atoms with Crippen molar-refractivity contribution in [1.29, 1.82) is 0 Å². The fourth-order valence-electron chi connectivity index (χ4n) is 3.12. The second-order valence-corrected chi connectivity index (χ2v) is 7.26. The number of carbonyl (C=O) groups excluding carboxylic acids is 1. The lowest BCUT2D eigenvalue weighted by atomic mass is 9.92. The van der Waals surface area contributed by atoms with Crippen molar-refractivity contribution in [3.63, 3.8) is 0 Å². The minimum absolute atomic E-state index is 0. The minimum Gasteiger partial charge on any atom is -0.357 e. The van der Waals surface area contributed by atoms with Gasteiger partial charge in [-0.05, 0) is 39.7 Å². The Bertz CT molecular complexity index is 589. The number of amides is 1. The first-order valence-electron chi connectivity index (χ1n) is 9.34. The van der Waals surface area contributed by atoms with E-state index in [9.17, 15) is 4.79 Å². The standard InChI is InChI=1S/C20H32N4O.HI/c1-5-21-18(25)20(3,4)15-23-19(22-6-2)24-13-12-17(14-24)16-10-8-7-9-11-16;/h7-11,17H,5-6,12-15H2,1-4H3,(H,21,25)(H,22,23);1H. The Balaban J connectivity index is 0.00000338. The highest BCUT2D eigenvalue weighted by atomic mass is 127. The van der Waals surface area contributed by atoms with Crippen LogP contribution in [0, 0.1) is 5.41 Å². The highest BCUT2D eigenvalue weighted by Gasteiger charge is 2.29. The quantitative estimate of drug-likeness (QED) is 0.380. The Morgan fingerprint density at radius 2 is 1.85 bits per heavy atom. The number of carbonyl (C=O) groups is 1. The van der Waals surface area contributed by atoms with Gasteiger partial charge in [-0.2, -0.15) is 0 Å². The Morgan fingerprint density at radius 1 is 1.19 bits per heavy atom. The van der Waals surface area contributed by atoms with Crippen molar-refractivity contribution in [2.75, 3.05) is 32.7 Å². The van der Waals surface area contributed by atoms with E-state index < -0.39 is 5.41 Å². The van der Waals surface area contributed by atoms with Crippen LogP contribution in [0.15, 0.2) is 35.3 Å².